The van der Waals surface area contributed by atoms with Gasteiger partial charge < -0.3 is 15.0 Å². The number of hydrogen-bond acceptors (Lipinski definition) is 4. The van der Waals surface area contributed by atoms with Gasteiger partial charge in [0.2, 0.25) is 0 Å². The molecule has 0 radical (unpaired) electrons. The van der Waals surface area contributed by atoms with Crippen molar-refractivity contribution < 1.29 is 9.53 Å². The summed E-state index contributed by atoms with van der Waals surface area (Å²) >= 11 is 0. The van der Waals surface area contributed by atoms with Crippen LogP contribution in [-0.2, 0) is 4.74 Å². The number of nitrogens with zero attached hydrogens (tertiary/aromatic N) is 1. The third-order valence-electron chi connectivity index (χ3n) is 3.84. The van der Waals surface area contributed by atoms with Gasteiger partial charge in [-0.1, -0.05) is 0 Å². The molecule has 21 heavy (non-hydrogen) atoms. The number of anilines is 2. The van der Waals surface area contributed by atoms with Crippen molar-refractivity contribution in [2.75, 3.05) is 43.9 Å². The Bertz CT molecular complexity index is 439. The van der Waals surface area contributed by atoms with E-state index in [0.29, 0.717) is 6.61 Å². The molecule has 1 aromatic rings. The average molecular weight is 291 g/mol. The van der Waals surface area contributed by atoms with Crippen LogP contribution in [0.2, 0.25) is 0 Å². The Balaban J connectivity index is 1.75. The Morgan fingerprint density at radius 3 is 2.48 bits per heavy atom. The van der Waals surface area contributed by atoms with Crippen molar-refractivity contribution >= 4 is 17.5 Å². The number of benzene rings is 1. The van der Waals surface area contributed by atoms with Crippen molar-refractivity contribution in [1.29, 1.82) is 0 Å². The molecule has 5 heteroatoms. The van der Waals surface area contributed by atoms with E-state index in [0.717, 1.165) is 23.8 Å². The summed E-state index contributed by atoms with van der Waals surface area (Å²) in [5.41, 5.74) is 1.83. The average Bonchev–Trinajstić information content (AvgIpc) is 2.48. The van der Waals surface area contributed by atoms with Crippen LogP contribution in [0.5, 0.6) is 0 Å². The molecule has 1 aromatic carbocycles. The maximum atomic E-state index is 11.3. The molecule has 0 spiro atoms. The van der Waals surface area contributed by atoms with Gasteiger partial charge in [-0.2, -0.15) is 0 Å². The first-order chi connectivity index (χ1) is 10.2. The van der Waals surface area contributed by atoms with Gasteiger partial charge in [-0.3, -0.25) is 5.32 Å². The number of rotatable bonds is 5. The first kappa shape index (κ1) is 15.6. The highest BCUT2D eigenvalue weighted by atomic mass is 16.5. The van der Waals surface area contributed by atoms with Gasteiger partial charge >= 0.3 is 6.09 Å². The molecule has 0 aromatic heterocycles. The van der Waals surface area contributed by atoms with Crippen LogP contribution in [-0.4, -0.2) is 44.3 Å². The first-order valence-corrected chi connectivity index (χ1v) is 7.63. The molecule has 116 valence electrons. The van der Waals surface area contributed by atoms with E-state index in [1.165, 1.54) is 25.9 Å². The highest BCUT2D eigenvalue weighted by Crippen LogP contribution is 2.18. The first-order valence-electron chi connectivity index (χ1n) is 7.63. The summed E-state index contributed by atoms with van der Waals surface area (Å²) < 4.78 is 4.84. The van der Waals surface area contributed by atoms with Gasteiger partial charge in [0.1, 0.15) is 0 Å². The van der Waals surface area contributed by atoms with Crippen LogP contribution in [0.3, 0.4) is 0 Å². The monoisotopic (exact) mass is 291 g/mol. The maximum absolute atomic E-state index is 11.3. The summed E-state index contributed by atoms with van der Waals surface area (Å²) in [5, 5.41) is 6.16. The molecular weight excluding hydrogens is 266 g/mol. The molecule has 0 aliphatic carbocycles. The number of nitrogens with one attached hydrogen (secondary N) is 2. The number of amides is 1. The minimum absolute atomic E-state index is 0.377. The molecule has 1 aliphatic rings. The predicted molar refractivity (Wildman–Crippen MR) is 85.8 cm³/mol. The highest BCUT2D eigenvalue weighted by molar-refractivity contribution is 5.84. The zero-order chi connectivity index (χ0) is 15.1. The lowest BCUT2D eigenvalue weighted by molar-refractivity contribution is 0.168. The van der Waals surface area contributed by atoms with Gasteiger partial charge in [-0.25, -0.2) is 4.79 Å². The maximum Gasteiger partial charge on any atom is 0.411 e. The number of likely N-dealkylation sites (tertiary alicyclic amines) is 1. The summed E-state index contributed by atoms with van der Waals surface area (Å²) in [6, 6.07) is 7.73. The lowest BCUT2D eigenvalue weighted by Crippen LogP contribution is -2.32. The van der Waals surface area contributed by atoms with E-state index in [1.807, 2.05) is 24.3 Å². The van der Waals surface area contributed by atoms with Crippen LogP contribution >= 0.6 is 0 Å². The molecule has 5 nitrogen and oxygen atoms in total. The Labute approximate surface area is 126 Å². The van der Waals surface area contributed by atoms with E-state index >= 15 is 0 Å². The molecule has 1 saturated heterocycles. The fourth-order valence-corrected chi connectivity index (χ4v) is 2.48. The molecule has 1 heterocycles. The molecule has 0 unspecified atom stereocenters. The van der Waals surface area contributed by atoms with Crippen LogP contribution in [0.15, 0.2) is 24.3 Å². The second-order valence-electron chi connectivity index (χ2n) is 5.55. The summed E-state index contributed by atoms with van der Waals surface area (Å²) in [5.74, 6) is 0.749. The molecule has 1 fully saturated rings. The molecule has 1 amide bonds. The van der Waals surface area contributed by atoms with Gasteiger partial charge in [0.15, 0.2) is 0 Å². The van der Waals surface area contributed by atoms with Gasteiger partial charge in [0, 0.05) is 17.9 Å². The molecule has 0 saturated carbocycles. The van der Waals surface area contributed by atoms with Crippen LogP contribution in [0, 0.1) is 5.92 Å². The van der Waals surface area contributed by atoms with Crippen molar-refractivity contribution in [3.05, 3.63) is 24.3 Å². The number of carbonyl (C=O) groups excluding carboxylic acids is 1. The van der Waals surface area contributed by atoms with Gasteiger partial charge in [-0.15, -0.1) is 0 Å². The highest BCUT2D eigenvalue weighted by Gasteiger charge is 2.16. The topological polar surface area (TPSA) is 53.6 Å². The fourth-order valence-electron chi connectivity index (χ4n) is 2.48. The van der Waals surface area contributed by atoms with Crippen molar-refractivity contribution in [2.45, 2.75) is 19.8 Å². The van der Waals surface area contributed by atoms with Crippen LogP contribution < -0.4 is 10.6 Å². The predicted octanol–water partition coefficient (Wildman–Crippen LogP) is 3.01. The summed E-state index contributed by atoms with van der Waals surface area (Å²) in [7, 11) is 2.18. The number of hydrogen-bond donors (Lipinski definition) is 2. The SMILES string of the molecule is CCOC(=O)Nc1ccc(NCC2CCN(C)CC2)cc1. The van der Waals surface area contributed by atoms with E-state index in [1.54, 1.807) is 6.92 Å². The molecule has 2 N–H and O–H groups in total. The van der Waals surface area contributed by atoms with Crippen molar-refractivity contribution in [3.63, 3.8) is 0 Å². The van der Waals surface area contributed by atoms with Gasteiger partial charge in [0.25, 0.3) is 0 Å². The Morgan fingerprint density at radius 1 is 1.24 bits per heavy atom. The zero-order valence-electron chi connectivity index (χ0n) is 12.9. The van der Waals surface area contributed by atoms with Crippen molar-refractivity contribution in [2.24, 2.45) is 5.92 Å². The Kier molecular flexibility index (Phi) is 5.87. The smallest absolute Gasteiger partial charge is 0.411 e. The number of ether oxygens (including phenoxy) is 1. The minimum Gasteiger partial charge on any atom is -0.450 e. The standard InChI is InChI=1S/C16H25N3O2/c1-3-21-16(20)18-15-6-4-14(5-7-15)17-12-13-8-10-19(2)11-9-13/h4-7,13,17H,3,8-12H2,1-2H3,(H,18,20). The molecular formula is C16H25N3O2. The van der Waals surface area contributed by atoms with Gasteiger partial charge in [-0.05, 0) is 70.1 Å². The molecule has 0 bridgehead atoms. The normalized spacial score (nSPS) is 16.5. The van der Waals surface area contributed by atoms with Crippen LogP contribution in [0.4, 0.5) is 16.2 Å². The number of carbonyl (C=O) groups is 1. The molecule has 0 atom stereocenters. The van der Waals surface area contributed by atoms with Gasteiger partial charge in [0.05, 0.1) is 6.61 Å². The summed E-state index contributed by atoms with van der Waals surface area (Å²) in [6.45, 7) is 5.56. The quantitative estimate of drug-likeness (QED) is 0.875. The number of piperidine rings is 1. The van der Waals surface area contributed by atoms with Crippen LogP contribution in [0.25, 0.3) is 0 Å². The summed E-state index contributed by atoms with van der Waals surface area (Å²) in [4.78, 5) is 13.7. The second-order valence-corrected chi connectivity index (χ2v) is 5.55. The molecule has 1 aliphatic heterocycles. The van der Waals surface area contributed by atoms with E-state index < -0.39 is 6.09 Å². The molecule has 2 rings (SSSR count). The summed E-state index contributed by atoms with van der Waals surface area (Å²) in [6.07, 6.45) is 2.10. The van der Waals surface area contributed by atoms with E-state index in [2.05, 4.69) is 22.6 Å². The van der Waals surface area contributed by atoms with Crippen molar-refractivity contribution in [1.82, 2.24) is 4.90 Å². The fraction of sp³-hybridized carbons (Fsp3) is 0.562. The van der Waals surface area contributed by atoms with Crippen molar-refractivity contribution in [3.8, 4) is 0 Å². The minimum atomic E-state index is -0.412. The largest absolute Gasteiger partial charge is 0.450 e. The zero-order valence-corrected chi connectivity index (χ0v) is 12.9. The third-order valence-corrected chi connectivity index (χ3v) is 3.84. The van der Waals surface area contributed by atoms with E-state index in [9.17, 15) is 4.79 Å². The van der Waals surface area contributed by atoms with Crippen LogP contribution in [0.1, 0.15) is 19.8 Å². The third kappa shape index (κ3) is 5.27. The van der Waals surface area contributed by atoms with E-state index in [-0.39, 0.29) is 0 Å². The Hall–Kier alpha value is -1.75. The van der Waals surface area contributed by atoms with E-state index in [4.69, 9.17) is 4.74 Å². The lowest BCUT2D eigenvalue weighted by atomic mass is 9.97. The second kappa shape index (κ2) is 7.88. The Morgan fingerprint density at radius 2 is 1.86 bits per heavy atom. The lowest BCUT2D eigenvalue weighted by Gasteiger charge is -2.29.